The van der Waals surface area contributed by atoms with Crippen LogP contribution in [-0.2, 0) is 18.6 Å². The summed E-state index contributed by atoms with van der Waals surface area (Å²) in [6, 6.07) is -0.859. The van der Waals surface area contributed by atoms with Gasteiger partial charge in [-0.3, -0.25) is 9.32 Å². The third kappa shape index (κ3) is 4.29. The number of carbonyl (C=O) groups excluding carboxylic acids is 1. The zero-order valence-electron chi connectivity index (χ0n) is 9.59. The summed E-state index contributed by atoms with van der Waals surface area (Å²) in [6.07, 6.45) is -3.90. The molecule has 1 fully saturated rings. The minimum Gasteiger partial charge on any atom is -0.394 e. The van der Waals surface area contributed by atoms with Crippen LogP contribution >= 0.6 is 7.82 Å². The molecule has 106 valence electrons. The molecule has 1 aliphatic rings. The molecule has 9 nitrogen and oxygen atoms in total. The average molecular weight is 285 g/mol. The van der Waals surface area contributed by atoms with E-state index in [2.05, 4.69) is 9.84 Å². The molecule has 18 heavy (non-hydrogen) atoms. The second kappa shape index (κ2) is 6.07. The molecule has 4 unspecified atom stereocenters. The van der Waals surface area contributed by atoms with E-state index in [-0.39, 0.29) is 6.61 Å². The Morgan fingerprint density at radius 2 is 2.17 bits per heavy atom. The maximum absolute atomic E-state index is 10.9. The third-order valence-corrected chi connectivity index (χ3v) is 2.95. The molecule has 4 atom stereocenters. The normalized spacial score (nSPS) is 33.2. The lowest BCUT2D eigenvalue weighted by atomic mass is 9.98. The number of rotatable bonds is 4. The van der Waals surface area contributed by atoms with E-state index in [9.17, 15) is 14.5 Å². The number of amides is 1. The largest absolute Gasteiger partial charge is 0.470 e. The van der Waals surface area contributed by atoms with Crippen LogP contribution in [-0.4, -0.2) is 63.5 Å². The number of hydrogen-bond acceptors (Lipinski definition) is 6. The Bertz CT molecular complexity index is 344. The molecule has 1 amide bonds. The second-order valence-electron chi connectivity index (χ2n) is 3.91. The number of aliphatic hydroxyl groups is 2. The van der Waals surface area contributed by atoms with Crippen molar-refractivity contribution in [2.24, 2.45) is 0 Å². The Labute approximate surface area is 103 Å². The monoisotopic (exact) mass is 285 g/mol. The van der Waals surface area contributed by atoms with Gasteiger partial charge < -0.3 is 30.1 Å². The van der Waals surface area contributed by atoms with Gasteiger partial charge in [0.05, 0.1) is 19.3 Å². The highest BCUT2D eigenvalue weighted by molar-refractivity contribution is 7.46. The molecule has 0 aromatic rings. The van der Waals surface area contributed by atoms with Crippen molar-refractivity contribution in [3.8, 4) is 0 Å². The molecule has 1 aliphatic heterocycles. The van der Waals surface area contributed by atoms with E-state index >= 15 is 0 Å². The van der Waals surface area contributed by atoms with Gasteiger partial charge in [-0.1, -0.05) is 0 Å². The lowest BCUT2D eigenvalue weighted by Gasteiger charge is -2.39. The van der Waals surface area contributed by atoms with Crippen molar-refractivity contribution in [3.05, 3.63) is 0 Å². The van der Waals surface area contributed by atoms with E-state index in [1.54, 1.807) is 0 Å². The maximum atomic E-state index is 10.9. The van der Waals surface area contributed by atoms with E-state index in [4.69, 9.17) is 19.6 Å². The zero-order chi connectivity index (χ0) is 13.9. The molecular formula is C8H16NO8P. The first-order valence-electron chi connectivity index (χ1n) is 5.16. The Hall–Kier alpha value is -0.540. The smallest absolute Gasteiger partial charge is 0.394 e. The first-order valence-corrected chi connectivity index (χ1v) is 6.69. The Balaban J connectivity index is 2.79. The van der Waals surface area contributed by atoms with Crippen molar-refractivity contribution in [1.29, 1.82) is 0 Å². The van der Waals surface area contributed by atoms with E-state index in [1.165, 1.54) is 6.92 Å². The Morgan fingerprint density at radius 1 is 1.56 bits per heavy atom. The minimum absolute atomic E-state index is 0.0903. The summed E-state index contributed by atoms with van der Waals surface area (Å²) in [5.74, 6) is -0.431. The predicted octanol–water partition coefficient (Wildman–Crippen LogP) is -2.28. The molecule has 0 saturated carbocycles. The first-order chi connectivity index (χ1) is 8.24. The maximum Gasteiger partial charge on any atom is 0.470 e. The van der Waals surface area contributed by atoms with Gasteiger partial charge in [0.15, 0.2) is 0 Å². The van der Waals surface area contributed by atoms with Crippen molar-refractivity contribution in [2.45, 2.75) is 31.3 Å². The van der Waals surface area contributed by atoms with Crippen molar-refractivity contribution < 1.29 is 38.6 Å². The van der Waals surface area contributed by atoms with Gasteiger partial charge in [-0.25, -0.2) is 4.57 Å². The molecule has 1 heterocycles. The van der Waals surface area contributed by atoms with Crippen molar-refractivity contribution >= 4 is 13.7 Å². The van der Waals surface area contributed by atoms with E-state index in [1.807, 2.05) is 0 Å². The molecule has 5 N–H and O–H groups in total. The first kappa shape index (κ1) is 15.5. The molecule has 0 spiro atoms. The summed E-state index contributed by atoms with van der Waals surface area (Å²) in [6.45, 7) is 0.561. The highest BCUT2D eigenvalue weighted by atomic mass is 31.2. The van der Waals surface area contributed by atoms with Crippen LogP contribution in [0, 0.1) is 0 Å². The standard InChI is InChI=1S/C8H16NO8P/c1-4(11)9-5-3-16-6(2-10)8(7(5)12)17-18(13,14)15/h5-8,10,12H,2-3H2,1H3,(H,9,11)(H2,13,14,15). The molecule has 1 saturated heterocycles. The van der Waals surface area contributed by atoms with Crippen LogP contribution in [0.25, 0.3) is 0 Å². The summed E-state index contributed by atoms with van der Waals surface area (Å²) in [5, 5.41) is 21.2. The van der Waals surface area contributed by atoms with Crippen LogP contribution in [0.2, 0.25) is 0 Å². The number of ether oxygens (including phenoxy) is 1. The van der Waals surface area contributed by atoms with Gasteiger partial charge in [0.1, 0.15) is 18.3 Å². The van der Waals surface area contributed by atoms with Crippen molar-refractivity contribution in [3.63, 3.8) is 0 Å². The van der Waals surface area contributed by atoms with E-state index < -0.39 is 44.7 Å². The Morgan fingerprint density at radius 3 is 2.61 bits per heavy atom. The summed E-state index contributed by atoms with van der Waals surface area (Å²) < 4.78 is 20.2. The fourth-order valence-corrected chi connectivity index (χ4v) is 2.28. The van der Waals surface area contributed by atoms with Crippen LogP contribution in [0.15, 0.2) is 0 Å². The van der Waals surface area contributed by atoms with Gasteiger partial charge in [-0.15, -0.1) is 0 Å². The van der Waals surface area contributed by atoms with Gasteiger partial charge in [0.2, 0.25) is 5.91 Å². The number of phosphoric ester groups is 1. The summed E-state index contributed by atoms with van der Waals surface area (Å²) >= 11 is 0. The van der Waals surface area contributed by atoms with Crippen LogP contribution in [0.1, 0.15) is 6.92 Å². The second-order valence-corrected chi connectivity index (χ2v) is 5.10. The minimum atomic E-state index is -4.85. The number of phosphoric acid groups is 1. The Kier molecular flexibility index (Phi) is 5.23. The SMILES string of the molecule is CC(=O)NC1COC(CO)C(OP(=O)(O)O)C1O. The molecular weight excluding hydrogens is 269 g/mol. The van der Waals surface area contributed by atoms with Gasteiger partial charge >= 0.3 is 7.82 Å². The molecule has 0 radical (unpaired) electrons. The van der Waals surface area contributed by atoms with Gasteiger partial charge in [0, 0.05) is 6.92 Å². The number of nitrogens with one attached hydrogen (secondary N) is 1. The fraction of sp³-hybridized carbons (Fsp3) is 0.875. The average Bonchev–Trinajstić information content (AvgIpc) is 2.22. The molecule has 0 aromatic carbocycles. The number of carbonyl (C=O) groups is 1. The molecule has 0 aromatic heterocycles. The lowest BCUT2D eigenvalue weighted by molar-refractivity contribution is -0.160. The summed E-state index contributed by atoms with van der Waals surface area (Å²) in [4.78, 5) is 28.3. The van der Waals surface area contributed by atoms with Gasteiger partial charge in [-0.05, 0) is 0 Å². The lowest BCUT2D eigenvalue weighted by Crippen LogP contribution is -2.60. The van der Waals surface area contributed by atoms with Crippen LogP contribution in [0.3, 0.4) is 0 Å². The van der Waals surface area contributed by atoms with Gasteiger partial charge in [-0.2, -0.15) is 0 Å². The summed E-state index contributed by atoms with van der Waals surface area (Å²) in [7, 11) is -4.85. The van der Waals surface area contributed by atoms with Gasteiger partial charge in [0.25, 0.3) is 0 Å². The predicted molar refractivity (Wildman–Crippen MR) is 57.4 cm³/mol. The molecule has 10 heteroatoms. The number of hydrogen-bond donors (Lipinski definition) is 5. The number of aliphatic hydroxyl groups excluding tert-OH is 2. The van der Waals surface area contributed by atoms with Crippen molar-refractivity contribution in [1.82, 2.24) is 5.32 Å². The zero-order valence-corrected chi connectivity index (χ0v) is 10.5. The molecule has 0 bridgehead atoms. The fourth-order valence-electron chi connectivity index (χ4n) is 1.70. The third-order valence-electron chi connectivity index (χ3n) is 2.43. The van der Waals surface area contributed by atoms with Crippen LogP contribution < -0.4 is 5.32 Å². The topological polar surface area (TPSA) is 146 Å². The van der Waals surface area contributed by atoms with Crippen molar-refractivity contribution in [2.75, 3.05) is 13.2 Å². The van der Waals surface area contributed by atoms with Crippen LogP contribution in [0.5, 0.6) is 0 Å². The van der Waals surface area contributed by atoms with E-state index in [0.29, 0.717) is 0 Å². The molecule has 1 rings (SSSR count). The quantitative estimate of drug-likeness (QED) is 0.363. The highest BCUT2D eigenvalue weighted by Gasteiger charge is 2.43. The molecule has 0 aliphatic carbocycles. The van der Waals surface area contributed by atoms with Crippen LogP contribution in [0.4, 0.5) is 0 Å². The highest BCUT2D eigenvalue weighted by Crippen LogP contribution is 2.40. The van der Waals surface area contributed by atoms with E-state index in [0.717, 1.165) is 0 Å². The summed E-state index contributed by atoms with van der Waals surface area (Å²) in [5.41, 5.74) is 0.